The van der Waals surface area contributed by atoms with Crippen molar-refractivity contribution in [2.45, 2.75) is 37.7 Å². The van der Waals surface area contributed by atoms with Crippen molar-refractivity contribution in [1.29, 1.82) is 5.26 Å². The molecule has 0 atom stereocenters. The zero-order chi connectivity index (χ0) is 27.5. The van der Waals surface area contributed by atoms with Crippen molar-refractivity contribution in [3.63, 3.8) is 0 Å². The second-order valence-electron chi connectivity index (χ2n) is 9.14. The van der Waals surface area contributed by atoms with Gasteiger partial charge in [-0.3, -0.25) is 9.52 Å². The summed E-state index contributed by atoms with van der Waals surface area (Å²) in [6.45, 7) is 5.68. The maximum atomic E-state index is 13.2. The van der Waals surface area contributed by atoms with Crippen LogP contribution in [0.5, 0.6) is 5.75 Å². The van der Waals surface area contributed by atoms with Gasteiger partial charge in [-0.15, -0.1) is 0 Å². The summed E-state index contributed by atoms with van der Waals surface area (Å²) in [6, 6.07) is 20.3. The fourth-order valence-corrected chi connectivity index (χ4v) is 5.52. The van der Waals surface area contributed by atoms with E-state index in [1.165, 1.54) is 6.07 Å². The van der Waals surface area contributed by atoms with Crippen LogP contribution in [0.1, 0.15) is 37.7 Å². The number of hydrogen-bond donors (Lipinski definition) is 1. The lowest BCUT2D eigenvalue weighted by molar-refractivity contribution is -0.142. The van der Waals surface area contributed by atoms with E-state index in [0.29, 0.717) is 33.9 Å². The molecule has 196 valence electrons. The monoisotopic (exact) mass is 532 g/mol. The molecule has 4 rings (SSSR count). The Morgan fingerprint density at radius 3 is 2.50 bits per heavy atom. The average molecular weight is 533 g/mol. The molecule has 3 aromatic carbocycles. The van der Waals surface area contributed by atoms with Crippen LogP contribution in [-0.4, -0.2) is 30.5 Å². The molecule has 0 amide bonds. The van der Waals surface area contributed by atoms with Crippen molar-refractivity contribution < 1.29 is 22.7 Å². The average Bonchev–Trinajstić information content (AvgIpc) is 3.21. The summed E-state index contributed by atoms with van der Waals surface area (Å²) in [6.07, 6.45) is -0.151. The third kappa shape index (κ3) is 5.63. The van der Waals surface area contributed by atoms with Crippen LogP contribution in [0.3, 0.4) is 0 Å². The van der Waals surface area contributed by atoms with Crippen molar-refractivity contribution in [1.82, 2.24) is 9.55 Å². The Kier molecular flexibility index (Phi) is 7.41. The Balaban J connectivity index is 1.61. The van der Waals surface area contributed by atoms with E-state index in [2.05, 4.69) is 10.8 Å². The Morgan fingerprint density at radius 2 is 1.82 bits per heavy atom. The van der Waals surface area contributed by atoms with E-state index in [4.69, 9.17) is 19.7 Å². The maximum Gasteiger partial charge on any atom is 0.310 e. The summed E-state index contributed by atoms with van der Waals surface area (Å²) < 4.78 is 42.2. The number of hydrogen-bond acceptors (Lipinski definition) is 7. The van der Waals surface area contributed by atoms with Gasteiger partial charge in [-0.1, -0.05) is 18.2 Å². The van der Waals surface area contributed by atoms with Crippen molar-refractivity contribution in [3.05, 3.63) is 83.7 Å². The summed E-state index contributed by atoms with van der Waals surface area (Å²) in [5, 5.41) is 9.02. The van der Waals surface area contributed by atoms with Gasteiger partial charge in [-0.2, -0.15) is 5.26 Å². The van der Waals surface area contributed by atoms with Crippen LogP contribution in [-0.2, 0) is 38.6 Å². The highest BCUT2D eigenvalue weighted by molar-refractivity contribution is 7.92. The second kappa shape index (κ2) is 10.6. The highest BCUT2D eigenvalue weighted by Crippen LogP contribution is 2.31. The molecule has 0 radical (unpaired) electrons. The lowest BCUT2D eigenvalue weighted by Gasteiger charge is -2.26. The number of aromatic nitrogens is 2. The Morgan fingerprint density at radius 1 is 1.11 bits per heavy atom. The van der Waals surface area contributed by atoms with E-state index in [0.717, 1.165) is 5.52 Å². The van der Waals surface area contributed by atoms with Crippen LogP contribution in [0.25, 0.3) is 11.0 Å². The predicted octanol–water partition coefficient (Wildman–Crippen LogP) is 4.67. The SMILES string of the molecule is CCOC(=O)Cc1ccccc1S(=O)(=O)Nc1ccc2c(c1)nc(C(C)(C)Oc1ccc(C#N)cc1)n2C. The first kappa shape index (κ1) is 26.7. The fraction of sp³-hybridized carbons (Fsp3) is 0.250. The van der Waals surface area contributed by atoms with Crippen LogP contribution < -0.4 is 9.46 Å². The van der Waals surface area contributed by atoms with Crippen molar-refractivity contribution >= 4 is 32.7 Å². The van der Waals surface area contributed by atoms with Crippen LogP contribution in [0.2, 0.25) is 0 Å². The van der Waals surface area contributed by atoms with E-state index in [9.17, 15) is 13.2 Å². The summed E-state index contributed by atoms with van der Waals surface area (Å²) >= 11 is 0. The Hall–Kier alpha value is -4.36. The first-order valence-corrected chi connectivity index (χ1v) is 13.4. The van der Waals surface area contributed by atoms with Crippen LogP contribution in [0, 0.1) is 11.3 Å². The lowest BCUT2D eigenvalue weighted by atomic mass is 10.1. The quantitative estimate of drug-likeness (QED) is 0.311. The number of anilines is 1. The summed E-state index contributed by atoms with van der Waals surface area (Å²) in [7, 11) is -2.13. The molecule has 1 N–H and O–H groups in total. The lowest BCUT2D eigenvalue weighted by Crippen LogP contribution is -2.29. The highest BCUT2D eigenvalue weighted by Gasteiger charge is 2.29. The molecule has 0 saturated carbocycles. The number of nitrogens with one attached hydrogen (secondary N) is 1. The minimum absolute atomic E-state index is 0.00631. The first-order valence-electron chi connectivity index (χ1n) is 12.0. The minimum Gasteiger partial charge on any atom is -0.480 e. The number of sulfonamides is 1. The maximum absolute atomic E-state index is 13.2. The predicted molar refractivity (Wildman–Crippen MR) is 143 cm³/mol. The molecule has 0 spiro atoms. The standard InChI is InChI=1S/C28H28N4O5S/c1-5-36-26(33)16-20-8-6-7-9-25(20)38(34,35)31-21-12-15-24-23(17-21)30-27(32(24)4)28(2,3)37-22-13-10-19(18-29)11-14-22/h6-15,17,31H,5,16H2,1-4H3. The van der Waals surface area contributed by atoms with Crippen LogP contribution in [0.15, 0.2) is 71.6 Å². The number of esters is 1. The molecule has 10 heteroatoms. The van der Waals surface area contributed by atoms with Crippen molar-refractivity contribution in [2.24, 2.45) is 7.05 Å². The number of rotatable bonds is 9. The molecule has 0 fully saturated rings. The van der Waals surface area contributed by atoms with Crippen molar-refractivity contribution in [2.75, 3.05) is 11.3 Å². The molecule has 9 nitrogen and oxygen atoms in total. The molecular weight excluding hydrogens is 504 g/mol. The summed E-state index contributed by atoms with van der Waals surface area (Å²) in [5.74, 6) is 0.732. The Bertz CT molecular complexity index is 1630. The number of imidazole rings is 1. The molecule has 38 heavy (non-hydrogen) atoms. The topological polar surface area (TPSA) is 123 Å². The van der Waals surface area contributed by atoms with Gasteiger partial charge in [0.25, 0.3) is 10.0 Å². The fourth-order valence-electron chi connectivity index (χ4n) is 4.23. The third-order valence-electron chi connectivity index (χ3n) is 5.93. The molecular formula is C28H28N4O5S. The number of ether oxygens (including phenoxy) is 2. The van der Waals surface area contributed by atoms with E-state index in [1.54, 1.807) is 67.6 Å². The van der Waals surface area contributed by atoms with Gasteiger partial charge in [0.15, 0.2) is 11.4 Å². The first-order chi connectivity index (χ1) is 18.0. The summed E-state index contributed by atoms with van der Waals surface area (Å²) in [5.41, 5.74) is 1.77. The second-order valence-corrected chi connectivity index (χ2v) is 10.8. The number of carbonyl (C=O) groups excluding carboxylic acids is 1. The number of nitrogens with zero attached hydrogens (tertiary/aromatic N) is 3. The van der Waals surface area contributed by atoms with Gasteiger partial charge >= 0.3 is 5.97 Å². The molecule has 0 saturated heterocycles. The zero-order valence-electron chi connectivity index (χ0n) is 21.6. The van der Waals surface area contributed by atoms with Gasteiger partial charge < -0.3 is 14.0 Å². The van der Waals surface area contributed by atoms with Gasteiger partial charge in [0.05, 0.1) is 46.3 Å². The van der Waals surface area contributed by atoms with Gasteiger partial charge in [0, 0.05) is 7.05 Å². The molecule has 1 aromatic heterocycles. The smallest absolute Gasteiger partial charge is 0.310 e. The molecule has 4 aromatic rings. The molecule has 0 unspecified atom stereocenters. The number of nitriles is 1. The van der Waals surface area contributed by atoms with E-state index >= 15 is 0 Å². The van der Waals surface area contributed by atoms with Gasteiger partial charge in [0.2, 0.25) is 0 Å². The van der Waals surface area contributed by atoms with E-state index < -0.39 is 21.6 Å². The van der Waals surface area contributed by atoms with Crippen LogP contribution >= 0.6 is 0 Å². The van der Waals surface area contributed by atoms with Gasteiger partial charge in [0.1, 0.15) is 5.75 Å². The molecule has 0 bridgehead atoms. The molecule has 0 aliphatic carbocycles. The zero-order valence-corrected chi connectivity index (χ0v) is 22.4. The van der Waals surface area contributed by atoms with Gasteiger partial charge in [-0.25, -0.2) is 13.4 Å². The van der Waals surface area contributed by atoms with Gasteiger partial charge in [-0.05, 0) is 74.9 Å². The highest BCUT2D eigenvalue weighted by atomic mass is 32.2. The molecule has 1 heterocycles. The van der Waals surface area contributed by atoms with Crippen molar-refractivity contribution in [3.8, 4) is 11.8 Å². The largest absolute Gasteiger partial charge is 0.480 e. The number of aryl methyl sites for hydroxylation is 1. The van der Waals surface area contributed by atoms with E-state index in [1.807, 2.05) is 25.5 Å². The molecule has 0 aliphatic rings. The Labute approximate surface area is 221 Å². The van der Waals surface area contributed by atoms with Crippen LogP contribution in [0.4, 0.5) is 5.69 Å². The minimum atomic E-state index is -3.99. The summed E-state index contributed by atoms with van der Waals surface area (Å²) in [4.78, 5) is 16.7. The number of carbonyl (C=O) groups is 1. The van der Waals surface area contributed by atoms with E-state index in [-0.39, 0.29) is 17.9 Å². The molecule has 0 aliphatic heterocycles. The third-order valence-corrected chi connectivity index (χ3v) is 7.41. The number of fused-ring (bicyclic) bond motifs is 1. The number of benzene rings is 3. The normalized spacial score (nSPS) is 11.7.